The fourth-order valence-corrected chi connectivity index (χ4v) is 1.85. The normalized spacial score (nSPS) is 15.9. The topological polar surface area (TPSA) is 94.3 Å². The number of hydrogen-bond acceptors (Lipinski definition) is 5. The molecule has 1 aromatic rings. The zero-order valence-corrected chi connectivity index (χ0v) is 9.62. The Hall–Kier alpha value is -1.34. The minimum atomic E-state index is -3.86. The van der Waals surface area contributed by atoms with Gasteiger partial charge in [0.25, 0.3) is 10.0 Å². The van der Waals surface area contributed by atoms with E-state index in [0.717, 1.165) is 12.8 Å². The van der Waals surface area contributed by atoms with Crippen molar-refractivity contribution in [2.24, 2.45) is 5.14 Å². The summed E-state index contributed by atoms with van der Waals surface area (Å²) in [5.41, 5.74) is 0. The van der Waals surface area contributed by atoms with Gasteiger partial charge in [0, 0.05) is 7.05 Å². The molecule has 0 saturated heterocycles. The van der Waals surface area contributed by atoms with Gasteiger partial charge in [0.2, 0.25) is 5.03 Å². The van der Waals surface area contributed by atoms with Gasteiger partial charge in [-0.3, -0.25) is 0 Å². The van der Waals surface area contributed by atoms with E-state index in [9.17, 15) is 8.42 Å². The summed E-state index contributed by atoms with van der Waals surface area (Å²) in [5.74, 6) is 0.663. The Morgan fingerprint density at radius 1 is 1.50 bits per heavy atom. The van der Waals surface area contributed by atoms with Crippen molar-refractivity contribution < 1.29 is 13.2 Å². The van der Waals surface area contributed by atoms with Gasteiger partial charge in [-0.1, -0.05) is 0 Å². The number of aromatic nitrogens is 1. The highest BCUT2D eigenvalue weighted by molar-refractivity contribution is 7.89. The van der Waals surface area contributed by atoms with Crippen LogP contribution in [0.15, 0.2) is 17.2 Å². The number of sulfonamides is 1. The molecule has 0 amide bonds. The quantitative estimate of drug-likeness (QED) is 0.793. The lowest BCUT2D eigenvalue weighted by Crippen LogP contribution is -2.16. The summed E-state index contributed by atoms with van der Waals surface area (Å²) in [4.78, 5) is 3.89. The molecule has 16 heavy (non-hydrogen) atoms. The van der Waals surface area contributed by atoms with Crippen LogP contribution in [0.25, 0.3) is 0 Å². The lowest BCUT2D eigenvalue weighted by Gasteiger charge is -2.09. The molecule has 0 aliphatic heterocycles. The Labute approximate surface area is 93.9 Å². The van der Waals surface area contributed by atoms with Gasteiger partial charge >= 0.3 is 0 Å². The molecule has 0 radical (unpaired) electrons. The van der Waals surface area contributed by atoms with Gasteiger partial charge in [0.1, 0.15) is 5.82 Å². The van der Waals surface area contributed by atoms with Gasteiger partial charge in [0.15, 0.2) is 5.75 Å². The number of hydrogen-bond donors (Lipinski definition) is 2. The molecule has 1 saturated carbocycles. The first-order chi connectivity index (χ1) is 7.50. The second kappa shape index (κ2) is 3.91. The van der Waals surface area contributed by atoms with E-state index < -0.39 is 10.0 Å². The molecular weight excluding hydrogens is 230 g/mol. The van der Waals surface area contributed by atoms with Crippen molar-refractivity contribution in [3.8, 4) is 5.75 Å². The largest absolute Gasteiger partial charge is 0.487 e. The van der Waals surface area contributed by atoms with E-state index in [1.165, 1.54) is 0 Å². The van der Waals surface area contributed by atoms with Gasteiger partial charge in [-0.2, -0.15) is 0 Å². The van der Waals surface area contributed by atoms with E-state index in [-0.39, 0.29) is 16.9 Å². The van der Waals surface area contributed by atoms with Crippen LogP contribution in [-0.2, 0) is 10.0 Å². The van der Waals surface area contributed by atoms with Crippen LogP contribution < -0.4 is 15.2 Å². The molecule has 2 rings (SSSR count). The minimum absolute atomic E-state index is 0.0998. The average Bonchev–Trinajstić information content (AvgIpc) is 3.01. The number of rotatable bonds is 4. The molecule has 1 aliphatic rings. The van der Waals surface area contributed by atoms with Crippen LogP contribution in [0.1, 0.15) is 12.8 Å². The van der Waals surface area contributed by atoms with Gasteiger partial charge < -0.3 is 10.1 Å². The van der Waals surface area contributed by atoms with E-state index in [0.29, 0.717) is 5.82 Å². The van der Waals surface area contributed by atoms with Crippen molar-refractivity contribution in [3.63, 3.8) is 0 Å². The van der Waals surface area contributed by atoms with Gasteiger partial charge in [-0.15, -0.1) is 0 Å². The first-order valence-electron chi connectivity index (χ1n) is 4.89. The number of primary sulfonamides is 1. The van der Waals surface area contributed by atoms with Crippen molar-refractivity contribution in [1.82, 2.24) is 4.98 Å². The second-order valence-corrected chi connectivity index (χ2v) is 5.09. The van der Waals surface area contributed by atoms with E-state index in [1.54, 1.807) is 19.2 Å². The van der Waals surface area contributed by atoms with Crippen molar-refractivity contribution in [3.05, 3.63) is 12.1 Å². The Morgan fingerprint density at radius 2 is 2.19 bits per heavy atom. The van der Waals surface area contributed by atoms with Gasteiger partial charge in [-0.05, 0) is 25.0 Å². The van der Waals surface area contributed by atoms with Crippen LogP contribution in [0.4, 0.5) is 5.82 Å². The van der Waals surface area contributed by atoms with Crippen molar-refractivity contribution in [2.75, 3.05) is 12.4 Å². The smallest absolute Gasteiger partial charge is 0.259 e. The fourth-order valence-electron chi connectivity index (χ4n) is 1.23. The molecule has 1 fully saturated rings. The van der Waals surface area contributed by atoms with E-state index >= 15 is 0 Å². The molecule has 0 unspecified atom stereocenters. The Morgan fingerprint density at radius 3 is 2.69 bits per heavy atom. The highest BCUT2D eigenvalue weighted by Crippen LogP contribution is 2.30. The summed E-state index contributed by atoms with van der Waals surface area (Å²) < 4.78 is 28.1. The summed E-state index contributed by atoms with van der Waals surface area (Å²) >= 11 is 0. The van der Waals surface area contributed by atoms with Gasteiger partial charge in [0.05, 0.1) is 6.10 Å². The monoisotopic (exact) mass is 243 g/mol. The molecule has 7 heteroatoms. The lowest BCUT2D eigenvalue weighted by atomic mass is 10.4. The Balaban J connectivity index is 2.42. The third kappa shape index (κ3) is 2.42. The number of pyridine rings is 1. The number of nitrogens with two attached hydrogens (primary N) is 1. The van der Waals surface area contributed by atoms with E-state index in [1.807, 2.05) is 0 Å². The number of ether oxygens (including phenoxy) is 1. The highest BCUT2D eigenvalue weighted by Gasteiger charge is 2.27. The summed E-state index contributed by atoms with van der Waals surface area (Å²) in [6, 6.07) is 3.21. The van der Waals surface area contributed by atoms with Crippen LogP contribution in [0, 0.1) is 0 Å². The fraction of sp³-hybridized carbons (Fsp3) is 0.444. The Kier molecular flexibility index (Phi) is 2.73. The summed E-state index contributed by atoms with van der Waals surface area (Å²) in [6.45, 7) is 0. The maximum absolute atomic E-state index is 11.3. The predicted molar refractivity (Wildman–Crippen MR) is 58.8 cm³/mol. The third-order valence-corrected chi connectivity index (χ3v) is 3.00. The molecule has 1 aromatic heterocycles. The molecule has 6 nitrogen and oxygen atoms in total. The first kappa shape index (κ1) is 11.2. The molecule has 1 heterocycles. The molecule has 0 spiro atoms. The molecule has 3 N–H and O–H groups in total. The number of anilines is 1. The average molecular weight is 243 g/mol. The highest BCUT2D eigenvalue weighted by atomic mass is 32.2. The second-order valence-electron chi connectivity index (χ2n) is 3.61. The number of nitrogens with one attached hydrogen (secondary N) is 1. The minimum Gasteiger partial charge on any atom is -0.487 e. The SMILES string of the molecule is CNc1ccc(OC2CC2)c(S(N)(=O)=O)n1. The lowest BCUT2D eigenvalue weighted by molar-refractivity contribution is 0.292. The first-order valence-corrected chi connectivity index (χ1v) is 6.43. The van der Waals surface area contributed by atoms with Crippen LogP contribution in [0.2, 0.25) is 0 Å². The van der Waals surface area contributed by atoms with Crippen LogP contribution >= 0.6 is 0 Å². The zero-order chi connectivity index (χ0) is 11.8. The maximum atomic E-state index is 11.3. The van der Waals surface area contributed by atoms with Crippen LogP contribution in [-0.4, -0.2) is 26.6 Å². The zero-order valence-electron chi connectivity index (χ0n) is 8.80. The molecule has 0 aromatic carbocycles. The standard InChI is InChI=1S/C9H13N3O3S/c1-11-8-5-4-7(15-6-2-3-6)9(12-8)16(10,13)14/h4-6H,2-3H2,1H3,(H,11,12)(H2,10,13,14). The summed E-state index contributed by atoms with van der Waals surface area (Å²) in [7, 11) is -2.21. The van der Waals surface area contributed by atoms with Gasteiger partial charge in [-0.25, -0.2) is 18.5 Å². The molecule has 0 atom stereocenters. The summed E-state index contributed by atoms with van der Waals surface area (Å²) in [5, 5.41) is 7.61. The molecular formula is C9H13N3O3S. The third-order valence-electron chi connectivity index (χ3n) is 2.17. The van der Waals surface area contributed by atoms with Crippen molar-refractivity contribution in [2.45, 2.75) is 24.0 Å². The Bertz CT molecular complexity index is 497. The van der Waals surface area contributed by atoms with E-state index in [2.05, 4.69) is 10.3 Å². The number of nitrogens with zero attached hydrogens (tertiary/aromatic N) is 1. The van der Waals surface area contributed by atoms with Crippen molar-refractivity contribution in [1.29, 1.82) is 0 Å². The predicted octanol–water partition coefficient (Wildman–Crippen LogP) is 0.312. The molecule has 0 bridgehead atoms. The van der Waals surface area contributed by atoms with Crippen LogP contribution in [0.5, 0.6) is 5.75 Å². The van der Waals surface area contributed by atoms with Crippen LogP contribution in [0.3, 0.4) is 0 Å². The maximum Gasteiger partial charge on any atom is 0.259 e. The summed E-state index contributed by atoms with van der Waals surface area (Å²) in [6.07, 6.45) is 1.98. The molecule has 1 aliphatic carbocycles. The molecule has 88 valence electrons. The van der Waals surface area contributed by atoms with E-state index in [4.69, 9.17) is 9.88 Å². The van der Waals surface area contributed by atoms with Crippen molar-refractivity contribution >= 4 is 15.8 Å².